The summed E-state index contributed by atoms with van der Waals surface area (Å²) >= 11 is 0. The summed E-state index contributed by atoms with van der Waals surface area (Å²) in [4.78, 5) is 11.8. The number of aliphatic imine (C=N–C) groups is 2. The van der Waals surface area contributed by atoms with Gasteiger partial charge in [0.15, 0.2) is 0 Å². The van der Waals surface area contributed by atoms with Gasteiger partial charge in [-0.2, -0.15) is 0 Å². The number of phenols is 1. The molecule has 4 aromatic carbocycles. The molecule has 33 heavy (non-hydrogen) atoms. The molecule has 4 rings (SSSR count). The molecule has 1 N–H and O–H groups in total. The molecule has 0 aliphatic carbocycles. The van der Waals surface area contributed by atoms with Crippen LogP contribution in [0.1, 0.15) is 22.3 Å². The number of aryl methyl sites for hydroxylation is 1. The van der Waals surface area contributed by atoms with E-state index in [0.717, 1.165) is 33.8 Å². The number of anilines is 1. The van der Waals surface area contributed by atoms with Crippen LogP contribution in [0.2, 0.25) is 0 Å². The van der Waals surface area contributed by atoms with Crippen LogP contribution in [0.3, 0.4) is 0 Å². The monoisotopic (exact) mass is 433 g/mol. The Morgan fingerprint density at radius 2 is 1.45 bits per heavy atom. The normalized spacial score (nSPS) is 11.7. The van der Waals surface area contributed by atoms with Gasteiger partial charge in [0, 0.05) is 37.1 Å². The second-order valence-corrected chi connectivity index (χ2v) is 8.08. The zero-order valence-corrected chi connectivity index (χ0v) is 19.1. The number of aromatic hydroxyl groups is 1. The van der Waals surface area contributed by atoms with E-state index in [2.05, 4.69) is 17.0 Å². The van der Waals surface area contributed by atoms with E-state index in [1.54, 1.807) is 6.07 Å². The largest absolute Gasteiger partial charge is 0.507 e. The maximum Gasteiger partial charge on any atom is 0.125 e. The van der Waals surface area contributed by atoms with Crippen molar-refractivity contribution in [3.05, 3.63) is 119 Å². The molecular weight excluding hydrogens is 406 g/mol. The van der Waals surface area contributed by atoms with Gasteiger partial charge in [-0.25, -0.2) is 4.99 Å². The molecular formula is C29H27N3O. The zero-order chi connectivity index (χ0) is 23.2. The highest BCUT2D eigenvalue weighted by Gasteiger charge is 2.13. The van der Waals surface area contributed by atoms with E-state index in [4.69, 9.17) is 9.98 Å². The molecule has 0 amide bonds. The standard InChI is InChI=1S/C29H27N3O/c1-21-13-18-28(33)25(19-21)29(23-9-5-4-6-10-23)31-27-12-8-7-11-26(27)30-20-22-14-16-24(17-15-22)32(2)3/h4-20,33H,1-3H3. The van der Waals surface area contributed by atoms with Crippen molar-refractivity contribution < 1.29 is 5.11 Å². The molecule has 0 fully saturated rings. The molecule has 0 saturated carbocycles. The maximum atomic E-state index is 10.6. The number of benzene rings is 4. The summed E-state index contributed by atoms with van der Waals surface area (Å²) in [6.45, 7) is 2.01. The Hall–Kier alpha value is -4.18. The highest BCUT2D eigenvalue weighted by molar-refractivity contribution is 6.15. The lowest BCUT2D eigenvalue weighted by Gasteiger charge is -2.12. The van der Waals surface area contributed by atoms with Crippen molar-refractivity contribution in [2.75, 3.05) is 19.0 Å². The maximum absolute atomic E-state index is 10.6. The van der Waals surface area contributed by atoms with Gasteiger partial charge in [-0.15, -0.1) is 0 Å². The molecule has 4 nitrogen and oxygen atoms in total. The molecule has 0 heterocycles. The van der Waals surface area contributed by atoms with E-state index >= 15 is 0 Å². The number of hydrogen-bond acceptors (Lipinski definition) is 4. The predicted octanol–water partition coefficient (Wildman–Crippen LogP) is 6.69. The molecule has 0 aromatic heterocycles. The van der Waals surface area contributed by atoms with Crippen molar-refractivity contribution in [3.63, 3.8) is 0 Å². The average molecular weight is 434 g/mol. The minimum atomic E-state index is 0.199. The summed E-state index contributed by atoms with van der Waals surface area (Å²) in [5.74, 6) is 0.199. The number of para-hydroxylation sites is 2. The van der Waals surface area contributed by atoms with E-state index in [1.807, 2.05) is 106 Å². The lowest BCUT2D eigenvalue weighted by Crippen LogP contribution is -2.08. The number of nitrogens with zero attached hydrogens (tertiary/aromatic N) is 3. The van der Waals surface area contributed by atoms with Crippen molar-refractivity contribution in [2.45, 2.75) is 6.92 Å². The highest BCUT2D eigenvalue weighted by Crippen LogP contribution is 2.31. The van der Waals surface area contributed by atoms with Gasteiger partial charge in [0.05, 0.1) is 17.1 Å². The molecule has 0 spiro atoms. The van der Waals surface area contributed by atoms with Gasteiger partial charge in [-0.05, 0) is 48.9 Å². The molecule has 0 aliphatic rings. The van der Waals surface area contributed by atoms with Crippen molar-refractivity contribution in [1.82, 2.24) is 0 Å². The minimum absolute atomic E-state index is 0.199. The van der Waals surface area contributed by atoms with Gasteiger partial charge in [0.25, 0.3) is 0 Å². The lowest BCUT2D eigenvalue weighted by atomic mass is 9.99. The zero-order valence-electron chi connectivity index (χ0n) is 19.1. The fraction of sp³-hybridized carbons (Fsp3) is 0.103. The summed E-state index contributed by atoms with van der Waals surface area (Å²) in [6.07, 6.45) is 1.85. The van der Waals surface area contributed by atoms with E-state index in [0.29, 0.717) is 11.3 Å². The van der Waals surface area contributed by atoms with Crippen LogP contribution in [-0.4, -0.2) is 31.1 Å². The smallest absolute Gasteiger partial charge is 0.125 e. The van der Waals surface area contributed by atoms with Crippen molar-refractivity contribution in [2.24, 2.45) is 9.98 Å². The van der Waals surface area contributed by atoms with Crippen LogP contribution in [0.5, 0.6) is 5.75 Å². The molecule has 0 unspecified atom stereocenters. The van der Waals surface area contributed by atoms with E-state index < -0.39 is 0 Å². The fourth-order valence-corrected chi connectivity index (χ4v) is 3.51. The summed E-state index contributed by atoms with van der Waals surface area (Å²) < 4.78 is 0. The second-order valence-electron chi connectivity index (χ2n) is 8.08. The first-order valence-electron chi connectivity index (χ1n) is 10.9. The molecule has 0 radical (unpaired) electrons. The summed E-state index contributed by atoms with van der Waals surface area (Å²) in [5, 5.41) is 10.6. The third kappa shape index (κ3) is 5.36. The lowest BCUT2D eigenvalue weighted by molar-refractivity contribution is 0.474. The number of phenolic OH excluding ortho intramolecular Hbond substituents is 1. The Balaban J connectivity index is 1.77. The fourth-order valence-electron chi connectivity index (χ4n) is 3.51. The Kier molecular flexibility index (Phi) is 6.65. The summed E-state index contributed by atoms with van der Waals surface area (Å²) in [7, 11) is 4.04. The number of hydrogen-bond donors (Lipinski definition) is 1. The third-order valence-electron chi connectivity index (χ3n) is 5.33. The quantitative estimate of drug-likeness (QED) is 0.345. The van der Waals surface area contributed by atoms with Gasteiger partial charge >= 0.3 is 0 Å². The Morgan fingerprint density at radius 1 is 0.788 bits per heavy atom. The van der Waals surface area contributed by atoms with Crippen LogP contribution >= 0.6 is 0 Å². The highest BCUT2D eigenvalue weighted by atomic mass is 16.3. The minimum Gasteiger partial charge on any atom is -0.507 e. The second kappa shape index (κ2) is 9.96. The van der Waals surface area contributed by atoms with Crippen LogP contribution in [0.15, 0.2) is 107 Å². The van der Waals surface area contributed by atoms with E-state index in [9.17, 15) is 5.11 Å². The first-order chi connectivity index (χ1) is 16.0. The molecule has 0 aliphatic heterocycles. The first kappa shape index (κ1) is 22.0. The van der Waals surface area contributed by atoms with Crippen LogP contribution in [-0.2, 0) is 0 Å². The van der Waals surface area contributed by atoms with Gasteiger partial charge in [0.1, 0.15) is 5.75 Å². The first-order valence-corrected chi connectivity index (χ1v) is 10.9. The Bertz CT molecular complexity index is 1290. The molecule has 0 atom stereocenters. The number of rotatable bonds is 6. The van der Waals surface area contributed by atoms with Gasteiger partial charge in [0.2, 0.25) is 0 Å². The third-order valence-corrected chi connectivity index (χ3v) is 5.33. The summed E-state index contributed by atoms with van der Waals surface area (Å²) in [5.41, 5.74) is 7.03. The SMILES string of the molecule is Cc1ccc(O)c(C(=Nc2ccccc2N=Cc2ccc(N(C)C)cc2)c2ccccc2)c1. The van der Waals surface area contributed by atoms with Crippen molar-refractivity contribution in [3.8, 4) is 5.75 Å². The van der Waals surface area contributed by atoms with E-state index in [-0.39, 0.29) is 5.75 Å². The van der Waals surface area contributed by atoms with Gasteiger partial charge in [-0.1, -0.05) is 66.2 Å². The van der Waals surface area contributed by atoms with E-state index in [1.165, 1.54) is 0 Å². The molecule has 0 bridgehead atoms. The molecule has 4 aromatic rings. The van der Waals surface area contributed by atoms with Crippen LogP contribution in [0.25, 0.3) is 0 Å². The molecule has 4 heteroatoms. The molecule has 164 valence electrons. The van der Waals surface area contributed by atoms with Gasteiger partial charge in [-0.3, -0.25) is 4.99 Å². The van der Waals surface area contributed by atoms with Crippen molar-refractivity contribution in [1.29, 1.82) is 0 Å². The molecule has 0 saturated heterocycles. The van der Waals surface area contributed by atoms with Crippen LogP contribution in [0, 0.1) is 6.92 Å². The van der Waals surface area contributed by atoms with Crippen molar-refractivity contribution >= 4 is 29.0 Å². The topological polar surface area (TPSA) is 48.2 Å². The average Bonchev–Trinajstić information content (AvgIpc) is 2.84. The van der Waals surface area contributed by atoms with Gasteiger partial charge < -0.3 is 10.0 Å². The van der Waals surface area contributed by atoms with Crippen LogP contribution in [0.4, 0.5) is 17.1 Å². The Morgan fingerprint density at radius 3 is 2.15 bits per heavy atom. The van der Waals surface area contributed by atoms with Crippen LogP contribution < -0.4 is 4.90 Å². The Labute approximate surface area is 195 Å². The summed E-state index contributed by atoms with van der Waals surface area (Å²) in [6, 6.07) is 31.5. The predicted molar refractivity (Wildman–Crippen MR) is 139 cm³/mol.